The first kappa shape index (κ1) is 29.3. The average Bonchev–Trinajstić information content (AvgIpc) is 3.13. The Hall–Kier alpha value is -4.24. The van der Waals surface area contributed by atoms with Crippen molar-refractivity contribution in [1.82, 2.24) is 9.78 Å². The van der Waals surface area contributed by atoms with E-state index in [1.165, 1.54) is 25.5 Å². The van der Waals surface area contributed by atoms with E-state index in [0.717, 1.165) is 18.1 Å². The molecule has 3 rings (SSSR count). The van der Waals surface area contributed by atoms with Crippen molar-refractivity contribution in [2.75, 3.05) is 6.61 Å². The highest BCUT2D eigenvalue weighted by molar-refractivity contribution is 5.68. The number of aromatic nitrogens is 2. The van der Waals surface area contributed by atoms with Gasteiger partial charge in [0.15, 0.2) is 24.5 Å². The molecule has 2 aromatic rings. The van der Waals surface area contributed by atoms with Gasteiger partial charge in [0.1, 0.15) is 12.7 Å². The predicted molar refractivity (Wildman–Crippen MR) is 133 cm³/mol. The zero-order valence-electron chi connectivity index (χ0n) is 22.6. The Bertz CT molecular complexity index is 1280. The molecule has 39 heavy (non-hydrogen) atoms. The van der Waals surface area contributed by atoms with Crippen LogP contribution in [0.1, 0.15) is 62.0 Å². The number of hydrogen-bond acceptors (Lipinski definition) is 11. The third-order valence-electron chi connectivity index (χ3n) is 6.15. The SMILES string of the molecule is CC(=O)OC[C@H]1O[C@@H](n2nc(C)c(Cc3ccc(C#N)cc3)c2C)[C@H](OC(C)=O)[C@@H](OC(C)=O)[C@@H]1OC(C)=O. The van der Waals surface area contributed by atoms with Gasteiger partial charge < -0.3 is 23.7 Å². The molecule has 1 saturated heterocycles. The summed E-state index contributed by atoms with van der Waals surface area (Å²) >= 11 is 0. The van der Waals surface area contributed by atoms with Gasteiger partial charge in [-0.2, -0.15) is 10.4 Å². The number of rotatable bonds is 8. The zero-order valence-corrected chi connectivity index (χ0v) is 22.6. The summed E-state index contributed by atoms with van der Waals surface area (Å²) in [6, 6.07) is 9.24. The maximum atomic E-state index is 12.1. The van der Waals surface area contributed by atoms with Crippen LogP contribution in [-0.2, 0) is 49.3 Å². The molecule has 12 nitrogen and oxygen atoms in total. The van der Waals surface area contributed by atoms with Gasteiger partial charge in [0.25, 0.3) is 0 Å². The predicted octanol–water partition coefficient (Wildman–Crippen LogP) is 2.22. The fraction of sp³-hybridized carbons (Fsp3) is 0.481. The van der Waals surface area contributed by atoms with Crippen LogP contribution in [0.2, 0.25) is 0 Å². The molecule has 5 atom stereocenters. The molecule has 0 unspecified atom stereocenters. The molecule has 0 N–H and O–H groups in total. The lowest BCUT2D eigenvalue weighted by Crippen LogP contribution is -2.60. The molecule has 0 saturated carbocycles. The molecular formula is C27H31N3O9. The molecule has 208 valence electrons. The smallest absolute Gasteiger partial charge is 0.303 e. The number of hydrogen-bond donors (Lipinski definition) is 0. The van der Waals surface area contributed by atoms with Crippen molar-refractivity contribution < 1.29 is 42.9 Å². The molecule has 1 aromatic carbocycles. The molecule has 0 radical (unpaired) electrons. The third-order valence-corrected chi connectivity index (χ3v) is 6.15. The minimum absolute atomic E-state index is 0.328. The Labute approximate surface area is 225 Å². The fourth-order valence-corrected chi connectivity index (χ4v) is 4.50. The second-order valence-corrected chi connectivity index (χ2v) is 9.17. The number of benzene rings is 1. The number of nitriles is 1. The number of nitrogens with zero attached hydrogens (tertiary/aromatic N) is 3. The van der Waals surface area contributed by atoms with Crippen molar-refractivity contribution in [1.29, 1.82) is 5.26 Å². The third kappa shape index (κ3) is 7.20. The van der Waals surface area contributed by atoms with Crippen LogP contribution in [-0.4, -0.2) is 64.7 Å². The van der Waals surface area contributed by atoms with Gasteiger partial charge in [-0.25, -0.2) is 4.68 Å². The molecule has 1 aliphatic rings. The van der Waals surface area contributed by atoms with Gasteiger partial charge in [-0.05, 0) is 31.5 Å². The highest BCUT2D eigenvalue weighted by atomic mass is 16.7. The molecular weight excluding hydrogens is 510 g/mol. The lowest BCUT2D eigenvalue weighted by atomic mass is 9.97. The van der Waals surface area contributed by atoms with E-state index < -0.39 is 54.5 Å². The first-order valence-electron chi connectivity index (χ1n) is 12.2. The Balaban J connectivity index is 2.08. The van der Waals surface area contributed by atoms with E-state index in [1.807, 2.05) is 26.0 Å². The van der Waals surface area contributed by atoms with Gasteiger partial charge in [0, 0.05) is 45.4 Å². The van der Waals surface area contributed by atoms with Crippen LogP contribution in [0.4, 0.5) is 0 Å². The maximum Gasteiger partial charge on any atom is 0.303 e. The van der Waals surface area contributed by atoms with Crippen LogP contribution >= 0.6 is 0 Å². The molecule has 12 heteroatoms. The van der Waals surface area contributed by atoms with Crippen molar-refractivity contribution in [2.45, 2.75) is 78.6 Å². The molecule has 0 spiro atoms. The van der Waals surface area contributed by atoms with Gasteiger partial charge in [0.05, 0.1) is 17.3 Å². The summed E-state index contributed by atoms with van der Waals surface area (Å²) in [7, 11) is 0. The Morgan fingerprint density at radius 3 is 2.00 bits per heavy atom. The maximum absolute atomic E-state index is 12.1. The lowest BCUT2D eigenvalue weighted by Gasteiger charge is -2.44. The van der Waals surface area contributed by atoms with E-state index in [-0.39, 0.29) is 6.61 Å². The summed E-state index contributed by atoms with van der Waals surface area (Å²) in [5, 5.41) is 13.7. The van der Waals surface area contributed by atoms with Crippen LogP contribution in [0, 0.1) is 25.2 Å². The molecule has 1 fully saturated rings. The van der Waals surface area contributed by atoms with Crippen molar-refractivity contribution in [2.24, 2.45) is 0 Å². The summed E-state index contributed by atoms with van der Waals surface area (Å²) in [6.07, 6.45) is -5.51. The largest absolute Gasteiger partial charge is 0.463 e. The minimum Gasteiger partial charge on any atom is -0.463 e. The molecule has 2 heterocycles. The van der Waals surface area contributed by atoms with E-state index in [2.05, 4.69) is 11.2 Å². The van der Waals surface area contributed by atoms with Crippen molar-refractivity contribution in [3.05, 3.63) is 52.3 Å². The molecule has 0 bridgehead atoms. The van der Waals surface area contributed by atoms with E-state index in [4.69, 9.17) is 28.9 Å². The Kier molecular flexibility index (Phi) is 9.42. The van der Waals surface area contributed by atoms with E-state index >= 15 is 0 Å². The van der Waals surface area contributed by atoms with E-state index in [1.54, 1.807) is 12.1 Å². The topological polar surface area (TPSA) is 156 Å². The number of aryl methyl sites for hydroxylation is 1. The normalized spacial score (nSPS) is 22.3. The van der Waals surface area contributed by atoms with Crippen LogP contribution < -0.4 is 0 Å². The van der Waals surface area contributed by atoms with Crippen LogP contribution in [0.25, 0.3) is 0 Å². The van der Waals surface area contributed by atoms with Crippen LogP contribution in [0.3, 0.4) is 0 Å². The summed E-state index contributed by atoms with van der Waals surface area (Å²) in [4.78, 5) is 47.8. The van der Waals surface area contributed by atoms with Gasteiger partial charge in [0.2, 0.25) is 0 Å². The summed E-state index contributed by atoms with van der Waals surface area (Å²) < 4.78 is 29.4. The van der Waals surface area contributed by atoms with Crippen molar-refractivity contribution in [3.63, 3.8) is 0 Å². The van der Waals surface area contributed by atoms with E-state index in [0.29, 0.717) is 23.4 Å². The Morgan fingerprint density at radius 1 is 0.897 bits per heavy atom. The first-order chi connectivity index (χ1) is 18.4. The quantitative estimate of drug-likeness (QED) is 0.357. The van der Waals surface area contributed by atoms with Gasteiger partial charge in [-0.3, -0.25) is 19.2 Å². The first-order valence-corrected chi connectivity index (χ1v) is 12.2. The van der Waals surface area contributed by atoms with Crippen LogP contribution in [0.5, 0.6) is 0 Å². The standard InChI is InChI=1S/C27H31N3O9/c1-14-22(11-20-7-9-21(12-28)10-8-20)15(2)30(29-14)27-26(38-19(6)34)25(37-18(5)33)24(36-17(4)32)23(39-27)13-35-16(3)31/h7-10,23-27H,11,13H2,1-6H3/t23-,24-,25+,26-,27-/m1/s1. The number of esters is 4. The van der Waals surface area contributed by atoms with Crippen LogP contribution in [0.15, 0.2) is 24.3 Å². The molecule has 1 aromatic heterocycles. The lowest BCUT2D eigenvalue weighted by molar-refractivity contribution is -0.270. The summed E-state index contributed by atoms with van der Waals surface area (Å²) in [5.41, 5.74) is 3.71. The van der Waals surface area contributed by atoms with Gasteiger partial charge in [-0.15, -0.1) is 0 Å². The van der Waals surface area contributed by atoms with Crippen molar-refractivity contribution in [3.8, 4) is 6.07 Å². The zero-order chi connectivity index (χ0) is 28.9. The highest BCUT2D eigenvalue weighted by Crippen LogP contribution is 2.36. The molecule has 1 aliphatic heterocycles. The number of ether oxygens (including phenoxy) is 5. The highest BCUT2D eigenvalue weighted by Gasteiger charge is 2.53. The van der Waals surface area contributed by atoms with E-state index in [9.17, 15) is 19.2 Å². The summed E-state index contributed by atoms with van der Waals surface area (Å²) in [6.45, 7) is 8.03. The monoisotopic (exact) mass is 541 g/mol. The Morgan fingerprint density at radius 2 is 1.46 bits per heavy atom. The second kappa shape index (κ2) is 12.5. The second-order valence-electron chi connectivity index (χ2n) is 9.17. The average molecular weight is 542 g/mol. The number of carbonyl (C=O) groups is 4. The molecule has 0 aliphatic carbocycles. The summed E-state index contributed by atoms with van der Waals surface area (Å²) in [5.74, 6) is -2.70. The number of carbonyl (C=O) groups excluding carboxylic acids is 4. The van der Waals surface area contributed by atoms with Gasteiger partial charge in [-0.1, -0.05) is 12.1 Å². The van der Waals surface area contributed by atoms with Gasteiger partial charge >= 0.3 is 23.9 Å². The minimum atomic E-state index is -1.29. The molecule has 0 amide bonds. The van der Waals surface area contributed by atoms with Crippen molar-refractivity contribution >= 4 is 23.9 Å². The fourth-order valence-electron chi connectivity index (χ4n) is 4.50.